The van der Waals surface area contributed by atoms with Gasteiger partial charge in [0.25, 0.3) is 11.1 Å². The normalized spacial score (nSPS) is 18.2. The third-order valence-electron chi connectivity index (χ3n) is 2.36. The lowest BCUT2D eigenvalue weighted by Crippen LogP contribution is -2.27. The Morgan fingerprint density at radius 3 is 2.47 bits per heavy atom. The number of hydrogen-bond donors (Lipinski definition) is 0. The average molecular weight is 251 g/mol. The lowest BCUT2D eigenvalue weighted by molar-refractivity contribution is -0.122. The number of likely N-dealkylation sites (N-methyl/N-ethyl adjacent to an activating group) is 1. The summed E-state index contributed by atoms with van der Waals surface area (Å²) in [6.07, 6.45) is 1.60. The second kappa shape index (κ2) is 4.71. The zero-order chi connectivity index (χ0) is 12.4. The molecule has 88 valence electrons. The Labute approximate surface area is 102 Å². The van der Waals surface area contributed by atoms with Crippen LogP contribution >= 0.6 is 11.8 Å². The number of halogens is 1. The molecule has 1 aliphatic rings. The minimum atomic E-state index is -0.330. The van der Waals surface area contributed by atoms with Gasteiger partial charge in [-0.25, -0.2) is 4.39 Å². The molecule has 0 saturated carbocycles. The third-order valence-corrected chi connectivity index (χ3v) is 3.26. The van der Waals surface area contributed by atoms with Gasteiger partial charge in [0.2, 0.25) is 0 Å². The first-order valence-electron chi connectivity index (χ1n) is 5.12. The monoisotopic (exact) mass is 251 g/mol. The number of carbonyl (C=O) groups is 2. The van der Waals surface area contributed by atoms with Gasteiger partial charge in [-0.3, -0.25) is 14.5 Å². The Morgan fingerprint density at radius 2 is 1.94 bits per heavy atom. The number of thioether (sulfide) groups is 1. The van der Waals surface area contributed by atoms with Crippen LogP contribution in [0.2, 0.25) is 0 Å². The van der Waals surface area contributed by atoms with E-state index in [1.165, 1.54) is 17.0 Å². The van der Waals surface area contributed by atoms with Crippen LogP contribution in [0.4, 0.5) is 9.18 Å². The van der Waals surface area contributed by atoms with E-state index in [0.717, 1.165) is 11.8 Å². The average Bonchev–Trinajstić information content (AvgIpc) is 2.57. The Hall–Kier alpha value is -1.62. The van der Waals surface area contributed by atoms with E-state index >= 15 is 0 Å². The topological polar surface area (TPSA) is 37.4 Å². The van der Waals surface area contributed by atoms with Crippen LogP contribution in [0, 0.1) is 5.82 Å². The molecule has 1 aromatic carbocycles. The Kier molecular flexibility index (Phi) is 3.28. The van der Waals surface area contributed by atoms with Crippen molar-refractivity contribution < 1.29 is 14.0 Å². The van der Waals surface area contributed by atoms with Crippen molar-refractivity contribution in [2.24, 2.45) is 0 Å². The Balaban J connectivity index is 2.27. The second-order valence-electron chi connectivity index (χ2n) is 3.48. The standard InChI is InChI=1S/C12H10FNO2S/c1-2-14-11(15)10(17-12(14)16)7-8-3-5-9(13)6-4-8/h3-7H,2H2,1H3/b10-7-. The van der Waals surface area contributed by atoms with Gasteiger partial charge in [0.15, 0.2) is 0 Å². The molecule has 0 N–H and O–H groups in total. The van der Waals surface area contributed by atoms with Crippen LogP contribution in [0.1, 0.15) is 12.5 Å². The summed E-state index contributed by atoms with van der Waals surface area (Å²) in [6.45, 7) is 2.11. The molecule has 0 unspecified atom stereocenters. The molecule has 0 bridgehead atoms. The molecule has 5 heteroatoms. The van der Waals surface area contributed by atoms with Crippen molar-refractivity contribution in [3.63, 3.8) is 0 Å². The first kappa shape index (κ1) is 11.9. The summed E-state index contributed by atoms with van der Waals surface area (Å²) in [7, 11) is 0. The predicted molar refractivity (Wildman–Crippen MR) is 64.8 cm³/mol. The highest BCUT2D eigenvalue weighted by Crippen LogP contribution is 2.31. The maximum atomic E-state index is 12.7. The van der Waals surface area contributed by atoms with Crippen molar-refractivity contribution in [3.05, 3.63) is 40.6 Å². The highest BCUT2D eigenvalue weighted by Gasteiger charge is 2.33. The minimum absolute atomic E-state index is 0.258. The number of hydrogen-bond acceptors (Lipinski definition) is 3. The van der Waals surface area contributed by atoms with Crippen LogP contribution in [0.3, 0.4) is 0 Å². The van der Waals surface area contributed by atoms with Gasteiger partial charge in [0, 0.05) is 6.54 Å². The van der Waals surface area contributed by atoms with E-state index in [9.17, 15) is 14.0 Å². The minimum Gasteiger partial charge on any atom is -0.269 e. The molecule has 1 saturated heterocycles. The molecule has 2 rings (SSSR count). The van der Waals surface area contributed by atoms with Crippen LogP contribution < -0.4 is 0 Å². The highest BCUT2D eigenvalue weighted by molar-refractivity contribution is 8.18. The Bertz CT molecular complexity index is 496. The first-order chi connectivity index (χ1) is 8.11. The molecule has 0 aromatic heterocycles. The van der Waals surface area contributed by atoms with Crippen molar-refractivity contribution in [1.29, 1.82) is 0 Å². The van der Waals surface area contributed by atoms with E-state index < -0.39 is 0 Å². The van der Waals surface area contributed by atoms with E-state index in [1.807, 2.05) is 0 Å². The number of rotatable bonds is 2. The lowest BCUT2D eigenvalue weighted by Gasteiger charge is -2.06. The number of nitrogens with zero attached hydrogens (tertiary/aromatic N) is 1. The molecule has 0 radical (unpaired) electrons. The largest absolute Gasteiger partial charge is 0.293 e. The van der Waals surface area contributed by atoms with Gasteiger partial charge in [0.05, 0.1) is 4.91 Å². The number of imide groups is 1. The fraction of sp³-hybridized carbons (Fsp3) is 0.167. The highest BCUT2D eigenvalue weighted by atomic mass is 32.2. The summed E-state index contributed by atoms with van der Waals surface area (Å²) in [6, 6.07) is 5.76. The zero-order valence-electron chi connectivity index (χ0n) is 9.14. The molecular weight excluding hydrogens is 241 g/mol. The molecule has 1 fully saturated rings. The molecule has 1 heterocycles. The molecule has 0 atom stereocenters. The van der Waals surface area contributed by atoms with Crippen LogP contribution in [-0.4, -0.2) is 22.6 Å². The molecular formula is C12H10FNO2S. The van der Waals surface area contributed by atoms with E-state index in [4.69, 9.17) is 0 Å². The van der Waals surface area contributed by atoms with Crippen molar-refractivity contribution >= 4 is 29.0 Å². The molecule has 3 nitrogen and oxygen atoms in total. The van der Waals surface area contributed by atoms with Gasteiger partial charge in [-0.05, 0) is 42.5 Å². The quantitative estimate of drug-likeness (QED) is 0.758. The van der Waals surface area contributed by atoms with Crippen molar-refractivity contribution in [2.75, 3.05) is 6.54 Å². The number of carbonyl (C=O) groups excluding carboxylic acids is 2. The van der Waals surface area contributed by atoms with Crippen LogP contribution in [0.5, 0.6) is 0 Å². The van der Waals surface area contributed by atoms with E-state index in [2.05, 4.69) is 0 Å². The maximum Gasteiger partial charge on any atom is 0.293 e. The van der Waals surface area contributed by atoms with Gasteiger partial charge in [-0.2, -0.15) is 0 Å². The van der Waals surface area contributed by atoms with E-state index in [-0.39, 0.29) is 17.0 Å². The number of amides is 2. The van der Waals surface area contributed by atoms with Crippen molar-refractivity contribution in [3.8, 4) is 0 Å². The third kappa shape index (κ3) is 2.39. The fourth-order valence-electron chi connectivity index (χ4n) is 1.48. The van der Waals surface area contributed by atoms with Gasteiger partial charge >= 0.3 is 0 Å². The predicted octanol–water partition coefficient (Wildman–Crippen LogP) is 2.88. The molecule has 0 spiro atoms. The van der Waals surface area contributed by atoms with E-state index in [0.29, 0.717) is 17.0 Å². The smallest absolute Gasteiger partial charge is 0.269 e. The second-order valence-corrected chi connectivity index (χ2v) is 4.47. The molecule has 0 aliphatic carbocycles. The van der Waals surface area contributed by atoms with Crippen molar-refractivity contribution in [2.45, 2.75) is 6.92 Å². The van der Waals surface area contributed by atoms with Crippen molar-refractivity contribution in [1.82, 2.24) is 4.90 Å². The number of benzene rings is 1. The summed E-state index contributed by atoms with van der Waals surface area (Å²) >= 11 is 0.910. The summed E-state index contributed by atoms with van der Waals surface area (Å²) in [5, 5.41) is -0.258. The van der Waals surface area contributed by atoms with Gasteiger partial charge in [0.1, 0.15) is 5.82 Å². The first-order valence-corrected chi connectivity index (χ1v) is 5.94. The zero-order valence-corrected chi connectivity index (χ0v) is 9.96. The molecule has 1 aliphatic heterocycles. The van der Waals surface area contributed by atoms with Gasteiger partial charge < -0.3 is 0 Å². The summed E-state index contributed by atoms with van der Waals surface area (Å²) < 4.78 is 12.7. The Morgan fingerprint density at radius 1 is 1.29 bits per heavy atom. The van der Waals surface area contributed by atoms with Gasteiger partial charge in [-0.15, -0.1) is 0 Å². The van der Waals surface area contributed by atoms with Crippen LogP contribution in [-0.2, 0) is 4.79 Å². The summed E-state index contributed by atoms with van der Waals surface area (Å²) in [5.41, 5.74) is 0.702. The molecule has 1 aromatic rings. The lowest BCUT2D eigenvalue weighted by atomic mass is 10.2. The summed E-state index contributed by atoms with van der Waals surface area (Å²) in [5.74, 6) is -0.615. The molecule has 17 heavy (non-hydrogen) atoms. The molecule has 2 amide bonds. The summed E-state index contributed by atoms with van der Waals surface area (Å²) in [4.78, 5) is 24.8. The van der Waals surface area contributed by atoms with Crippen LogP contribution in [0.15, 0.2) is 29.2 Å². The SMILES string of the molecule is CCN1C(=O)S/C(=C\c2ccc(F)cc2)C1=O. The van der Waals surface area contributed by atoms with Gasteiger partial charge in [-0.1, -0.05) is 12.1 Å². The van der Waals surface area contributed by atoms with E-state index in [1.54, 1.807) is 25.1 Å². The fourth-order valence-corrected chi connectivity index (χ4v) is 2.39. The maximum absolute atomic E-state index is 12.7. The van der Waals surface area contributed by atoms with Crippen LogP contribution in [0.25, 0.3) is 6.08 Å².